The zero-order valence-electron chi connectivity index (χ0n) is 18.7. The van der Waals surface area contributed by atoms with Crippen molar-refractivity contribution in [2.24, 2.45) is 5.92 Å². The average molecular weight is 483 g/mol. The molecule has 1 fully saturated rings. The Labute approximate surface area is 200 Å². The van der Waals surface area contributed by atoms with Crippen molar-refractivity contribution in [2.75, 3.05) is 29.6 Å². The van der Waals surface area contributed by atoms with Gasteiger partial charge in [0.25, 0.3) is 5.91 Å². The van der Waals surface area contributed by atoms with Crippen molar-refractivity contribution in [2.45, 2.75) is 18.2 Å². The number of hydrogen-bond donors (Lipinski definition) is 1. The highest BCUT2D eigenvalue weighted by atomic mass is 32.2. The predicted octanol–water partition coefficient (Wildman–Crippen LogP) is 3.58. The molecule has 176 valence electrons. The highest BCUT2D eigenvalue weighted by Crippen LogP contribution is 2.27. The number of anilines is 2. The van der Waals surface area contributed by atoms with Gasteiger partial charge in [0.05, 0.1) is 17.3 Å². The SMILES string of the molecule is CSc1ccc(N2CC(C(=O)OCC(=O)Nc3cc(C)nn3-c3ccc(F)cc3)CC2=O)cc1. The summed E-state index contributed by atoms with van der Waals surface area (Å²) >= 11 is 1.60. The minimum absolute atomic E-state index is 0.0290. The van der Waals surface area contributed by atoms with Crippen LogP contribution in [0, 0.1) is 18.7 Å². The number of ether oxygens (including phenoxy) is 1. The summed E-state index contributed by atoms with van der Waals surface area (Å²) in [6, 6.07) is 14.8. The van der Waals surface area contributed by atoms with Crippen molar-refractivity contribution in [3.63, 3.8) is 0 Å². The van der Waals surface area contributed by atoms with Crippen LogP contribution in [0.2, 0.25) is 0 Å². The summed E-state index contributed by atoms with van der Waals surface area (Å²) in [6.07, 6.45) is 2.00. The van der Waals surface area contributed by atoms with Crippen molar-refractivity contribution in [1.29, 1.82) is 0 Å². The molecule has 34 heavy (non-hydrogen) atoms. The van der Waals surface area contributed by atoms with E-state index in [1.54, 1.807) is 29.7 Å². The minimum atomic E-state index is -0.646. The second-order valence-electron chi connectivity index (χ2n) is 7.82. The molecule has 0 bridgehead atoms. The number of nitrogens with zero attached hydrogens (tertiary/aromatic N) is 3. The Kier molecular flexibility index (Phi) is 6.97. The first-order valence-electron chi connectivity index (χ1n) is 10.6. The molecule has 2 aromatic carbocycles. The van der Waals surface area contributed by atoms with Gasteiger partial charge in [-0.1, -0.05) is 0 Å². The number of carbonyl (C=O) groups is 3. The van der Waals surface area contributed by atoms with Crippen molar-refractivity contribution in [3.8, 4) is 5.69 Å². The Morgan fingerprint density at radius 2 is 1.82 bits per heavy atom. The number of aryl methyl sites for hydroxylation is 1. The van der Waals surface area contributed by atoms with E-state index in [1.165, 1.54) is 28.9 Å². The summed E-state index contributed by atoms with van der Waals surface area (Å²) < 4.78 is 19.9. The van der Waals surface area contributed by atoms with Crippen LogP contribution in [0.4, 0.5) is 15.9 Å². The number of benzene rings is 2. The molecule has 1 saturated heterocycles. The van der Waals surface area contributed by atoms with Gasteiger partial charge in [0.1, 0.15) is 11.6 Å². The van der Waals surface area contributed by atoms with Gasteiger partial charge in [-0.25, -0.2) is 9.07 Å². The number of carbonyl (C=O) groups excluding carboxylic acids is 3. The van der Waals surface area contributed by atoms with Crippen molar-refractivity contribution in [3.05, 3.63) is 66.1 Å². The standard InChI is InChI=1S/C24H23FN4O4S/c1-15-11-21(29(27-15)19-5-3-17(25)4-6-19)26-22(30)14-33-24(32)16-12-23(31)28(13-16)18-7-9-20(34-2)10-8-18/h3-11,16H,12-14H2,1-2H3,(H,26,30). The maximum atomic E-state index is 13.2. The van der Waals surface area contributed by atoms with Gasteiger partial charge in [-0.3, -0.25) is 14.4 Å². The van der Waals surface area contributed by atoms with Gasteiger partial charge in [-0.05, 0) is 61.7 Å². The monoisotopic (exact) mass is 482 g/mol. The second kappa shape index (κ2) is 10.1. The Morgan fingerprint density at radius 3 is 2.50 bits per heavy atom. The Balaban J connectivity index is 1.33. The molecule has 1 atom stereocenters. The van der Waals surface area contributed by atoms with Crippen molar-refractivity contribution >= 4 is 41.1 Å². The van der Waals surface area contributed by atoms with Crippen LogP contribution in [0.15, 0.2) is 59.5 Å². The zero-order valence-corrected chi connectivity index (χ0v) is 19.5. The topological polar surface area (TPSA) is 93.5 Å². The highest BCUT2D eigenvalue weighted by Gasteiger charge is 2.36. The van der Waals surface area contributed by atoms with Gasteiger partial charge in [0.2, 0.25) is 5.91 Å². The first kappa shape index (κ1) is 23.5. The van der Waals surface area contributed by atoms with E-state index in [0.717, 1.165) is 10.6 Å². The highest BCUT2D eigenvalue weighted by molar-refractivity contribution is 7.98. The fourth-order valence-corrected chi connectivity index (χ4v) is 4.09. The normalized spacial score (nSPS) is 15.4. The number of amides is 2. The van der Waals surface area contributed by atoms with Crippen molar-refractivity contribution < 1.29 is 23.5 Å². The summed E-state index contributed by atoms with van der Waals surface area (Å²) in [6.45, 7) is 1.46. The summed E-state index contributed by atoms with van der Waals surface area (Å²) in [5.41, 5.74) is 1.93. The third-order valence-corrected chi connectivity index (χ3v) is 6.10. The van der Waals surface area contributed by atoms with E-state index >= 15 is 0 Å². The second-order valence-corrected chi connectivity index (χ2v) is 8.70. The van der Waals surface area contributed by atoms with Gasteiger partial charge < -0.3 is 15.0 Å². The molecule has 1 unspecified atom stereocenters. The lowest BCUT2D eigenvalue weighted by Crippen LogP contribution is -2.28. The molecule has 2 heterocycles. The molecule has 8 nitrogen and oxygen atoms in total. The number of thioether (sulfide) groups is 1. The summed E-state index contributed by atoms with van der Waals surface area (Å²) in [5, 5.41) is 6.96. The summed E-state index contributed by atoms with van der Waals surface area (Å²) in [5.74, 6) is -1.98. The van der Waals surface area contributed by atoms with Crippen LogP contribution in [0.3, 0.4) is 0 Å². The van der Waals surface area contributed by atoms with Crippen LogP contribution in [0.5, 0.6) is 0 Å². The smallest absolute Gasteiger partial charge is 0.311 e. The van der Waals surface area contributed by atoms with E-state index in [1.807, 2.05) is 30.5 Å². The van der Waals surface area contributed by atoms with Gasteiger partial charge in [0.15, 0.2) is 6.61 Å². The quantitative estimate of drug-likeness (QED) is 0.409. The molecular formula is C24H23FN4O4S. The fraction of sp³-hybridized carbons (Fsp3) is 0.250. The molecule has 4 rings (SSSR count). The molecule has 10 heteroatoms. The molecule has 0 aliphatic carbocycles. The first-order valence-corrected chi connectivity index (χ1v) is 11.8. The molecule has 0 spiro atoms. The van der Waals surface area contributed by atoms with Gasteiger partial charge in [-0.15, -0.1) is 11.8 Å². The number of rotatable bonds is 7. The minimum Gasteiger partial charge on any atom is -0.455 e. The lowest BCUT2D eigenvalue weighted by Gasteiger charge is -2.17. The third-order valence-electron chi connectivity index (χ3n) is 5.36. The molecule has 1 aromatic heterocycles. The van der Waals surface area contributed by atoms with E-state index in [4.69, 9.17) is 4.74 Å². The van der Waals surface area contributed by atoms with Crippen LogP contribution < -0.4 is 10.2 Å². The summed E-state index contributed by atoms with van der Waals surface area (Å²) in [4.78, 5) is 40.0. The van der Waals surface area contributed by atoms with Crippen LogP contribution in [0.25, 0.3) is 5.69 Å². The van der Waals surface area contributed by atoms with E-state index < -0.39 is 24.4 Å². The van der Waals surface area contributed by atoms with Crippen LogP contribution in [0.1, 0.15) is 12.1 Å². The lowest BCUT2D eigenvalue weighted by atomic mass is 10.1. The average Bonchev–Trinajstić information content (AvgIpc) is 3.40. The van der Waals surface area contributed by atoms with Gasteiger partial charge in [-0.2, -0.15) is 5.10 Å². The Bertz CT molecular complexity index is 1210. The molecule has 1 aliphatic heterocycles. The van der Waals surface area contributed by atoms with Gasteiger partial charge >= 0.3 is 5.97 Å². The fourth-order valence-electron chi connectivity index (χ4n) is 3.68. The number of halogens is 1. The Hall–Kier alpha value is -3.66. The molecule has 3 aromatic rings. The lowest BCUT2D eigenvalue weighted by molar-refractivity contribution is -0.151. The molecule has 0 saturated carbocycles. The first-order chi connectivity index (χ1) is 16.3. The molecule has 1 N–H and O–H groups in total. The van der Waals surface area contributed by atoms with Gasteiger partial charge in [0, 0.05) is 29.6 Å². The van der Waals surface area contributed by atoms with Crippen molar-refractivity contribution in [1.82, 2.24) is 9.78 Å². The molecule has 2 amide bonds. The number of esters is 1. The summed E-state index contributed by atoms with van der Waals surface area (Å²) in [7, 11) is 0. The van der Waals surface area contributed by atoms with E-state index in [0.29, 0.717) is 17.2 Å². The number of aromatic nitrogens is 2. The van der Waals surface area contributed by atoms with E-state index in [-0.39, 0.29) is 24.7 Å². The third kappa shape index (κ3) is 5.28. The zero-order chi connectivity index (χ0) is 24.2. The molecular weight excluding hydrogens is 459 g/mol. The maximum Gasteiger partial charge on any atom is 0.311 e. The van der Waals surface area contributed by atoms with E-state index in [2.05, 4.69) is 10.4 Å². The van der Waals surface area contributed by atoms with Crippen LogP contribution in [-0.2, 0) is 19.1 Å². The largest absolute Gasteiger partial charge is 0.455 e. The maximum absolute atomic E-state index is 13.2. The Morgan fingerprint density at radius 1 is 1.15 bits per heavy atom. The molecule has 1 aliphatic rings. The van der Waals surface area contributed by atoms with E-state index in [9.17, 15) is 18.8 Å². The van der Waals surface area contributed by atoms with Crippen LogP contribution >= 0.6 is 11.8 Å². The number of nitrogens with one attached hydrogen (secondary N) is 1. The number of hydrogen-bond acceptors (Lipinski definition) is 6. The van der Waals surface area contributed by atoms with Crippen LogP contribution in [-0.4, -0.2) is 47.0 Å². The molecule has 0 radical (unpaired) electrons. The predicted molar refractivity (Wildman–Crippen MR) is 127 cm³/mol.